The highest BCUT2D eigenvalue weighted by molar-refractivity contribution is 5.86. The number of anilines is 2. The van der Waals surface area contributed by atoms with E-state index in [2.05, 4.69) is 21.4 Å². The van der Waals surface area contributed by atoms with E-state index in [0.717, 1.165) is 0 Å². The van der Waals surface area contributed by atoms with E-state index >= 15 is 0 Å². The van der Waals surface area contributed by atoms with Crippen molar-refractivity contribution in [3.63, 3.8) is 0 Å². The Morgan fingerprint density at radius 2 is 1.60 bits per heavy atom. The molecule has 7 nitrogen and oxygen atoms in total. The number of rotatable bonds is 2. The van der Waals surface area contributed by atoms with Crippen LogP contribution in [0.25, 0.3) is 0 Å². The first-order valence-electron chi connectivity index (χ1n) is 3.89. The second-order valence-electron chi connectivity index (χ2n) is 2.54. The maximum Gasteiger partial charge on any atom is 0.430 e. The molecule has 0 unspecified atom stereocenters. The van der Waals surface area contributed by atoms with Crippen molar-refractivity contribution in [2.24, 2.45) is 5.90 Å². The molecule has 0 spiro atoms. The average Bonchev–Trinajstić information content (AvgIpc) is 2.20. The lowest BCUT2D eigenvalue weighted by Crippen LogP contribution is -2.17. The molecule has 1 aromatic rings. The molecule has 0 bridgehead atoms. The molecular weight excluding hydrogens is 202 g/mol. The van der Waals surface area contributed by atoms with Crippen molar-refractivity contribution in [2.75, 3.05) is 10.6 Å². The van der Waals surface area contributed by atoms with Crippen molar-refractivity contribution in [1.82, 2.24) is 0 Å². The number of carbonyl (C=O) groups is 2. The van der Waals surface area contributed by atoms with E-state index < -0.39 is 12.2 Å². The average molecular weight is 211 g/mol. The molecule has 0 aliphatic carbocycles. The minimum absolute atomic E-state index is 0.397. The van der Waals surface area contributed by atoms with Crippen LogP contribution in [0.4, 0.5) is 21.0 Å². The first kappa shape index (κ1) is 10.8. The molecule has 1 aromatic carbocycles. The number of carboxylic acid groups (broad SMARTS) is 1. The van der Waals surface area contributed by atoms with E-state index in [0.29, 0.717) is 11.4 Å². The van der Waals surface area contributed by atoms with E-state index in [-0.39, 0.29) is 0 Å². The molecule has 0 aliphatic rings. The summed E-state index contributed by atoms with van der Waals surface area (Å²) in [4.78, 5) is 24.8. The number of hydrogen-bond acceptors (Lipinski definition) is 4. The predicted molar refractivity (Wildman–Crippen MR) is 52.4 cm³/mol. The van der Waals surface area contributed by atoms with Crippen LogP contribution >= 0.6 is 0 Å². The summed E-state index contributed by atoms with van der Waals surface area (Å²) >= 11 is 0. The molecule has 0 saturated carbocycles. The third-order valence-corrected chi connectivity index (χ3v) is 1.49. The van der Waals surface area contributed by atoms with Gasteiger partial charge in [-0.2, -0.15) is 5.90 Å². The lowest BCUT2D eigenvalue weighted by molar-refractivity contribution is 0.163. The fraction of sp³-hybridized carbons (Fsp3) is 0. The molecule has 1 rings (SSSR count). The number of nitrogens with two attached hydrogens (primary N) is 1. The van der Waals surface area contributed by atoms with Gasteiger partial charge in [-0.1, -0.05) is 0 Å². The summed E-state index contributed by atoms with van der Waals surface area (Å²) in [6.45, 7) is 0. The third kappa shape index (κ3) is 3.53. The summed E-state index contributed by atoms with van der Waals surface area (Å²) in [5.74, 6) is 4.61. The summed E-state index contributed by atoms with van der Waals surface area (Å²) in [6.07, 6.45) is -1.95. The Balaban J connectivity index is 2.64. The van der Waals surface area contributed by atoms with Crippen LogP contribution in [-0.4, -0.2) is 17.3 Å². The summed E-state index contributed by atoms with van der Waals surface area (Å²) in [7, 11) is 0. The molecule has 0 atom stereocenters. The summed E-state index contributed by atoms with van der Waals surface area (Å²) < 4.78 is 0. The first-order chi connectivity index (χ1) is 7.11. The lowest BCUT2D eigenvalue weighted by atomic mass is 10.3. The zero-order valence-corrected chi connectivity index (χ0v) is 7.56. The Morgan fingerprint density at radius 3 is 2.00 bits per heavy atom. The van der Waals surface area contributed by atoms with E-state index in [1.165, 1.54) is 24.3 Å². The zero-order chi connectivity index (χ0) is 11.3. The van der Waals surface area contributed by atoms with Gasteiger partial charge < -0.3 is 9.94 Å². The molecule has 7 heteroatoms. The Morgan fingerprint density at radius 1 is 1.13 bits per heavy atom. The van der Waals surface area contributed by atoms with Gasteiger partial charge in [0.2, 0.25) is 0 Å². The Hall–Kier alpha value is -2.28. The standard InChI is InChI=1S/C8H9N3O4/c9-15-8(14)11-6-3-1-5(2-4-6)10-7(12)13/h1-4,10H,9H2,(H,11,14)(H,12,13). The van der Waals surface area contributed by atoms with Crippen molar-refractivity contribution < 1.29 is 19.5 Å². The second kappa shape index (κ2) is 4.82. The van der Waals surface area contributed by atoms with Crippen LogP contribution in [0.5, 0.6) is 0 Å². The topological polar surface area (TPSA) is 114 Å². The fourth-order valence-electron chi connectivity index (χ4n) is 0.908. The van der Waals surface area contributed by atoms with Crippen LogP contribution in [0.2, 0.25) is 0 Å². The molecule has 0 aromatic heterocycles. The summed E-state index contributed by atoms with van der Waals surface area (Å²) in [5.41, 5.74) is 0.843. The van der Waals surface area contributed by atoms with Gasteiger partial charge in [-0.15, -0.1) is 0 Å². The lowest BCUT2D eigenvalue weighted by Gasteiger charge is -2.04. The molecule has 15 heavy (non-hydrogen) atoms. The maximum absolute atomic E-state index is 10.7. The minimum atomic E-state index is -1.16. The van der Waals surface area contributed by atoms with Gasteiger partial charge in [0.15, 0.2) is 0 Å². The minimum Gasteiger partial charge on any atom is -0.465 e. The highest BCUT2D eigenvalue weighted by Gasteiger charge is 2.01. The zero-order valence-electron chi connectivity index (χ0n) is 7.56. The molecule has 2 amide bonds. The third-order valence-electron chi connectivity index (χ3n) is 1.49. The molecule has 0 radical (unpaired) electrons. The largest absolute Gasteiger partial charge is 0.465 e. The molecule has 0 fully saturated rings. The van der Waals surface area contributed by atoms with Gasteiger partial charge in [-0.25, -0.2) is 9.59 Å². The fourth-order valence-corrected chi connectivity index (χ4v) is 0.908. The number of nitrogens with one attached hydrogen (secondary N) is 2. The van der Waals surface area contributed by atoms with E-state index in [1.807, 2.05) is 0 Å². The van der Waals surface area contributed by atoms with Gasteiger partial charge >= 0.3 is 12.2 Å². The van der Waals surface area contributed by atoms with Crippen LogP contribution in [0, 0.1) is 0 Å². The first-order valence-corrected chi connectivity index (χ1v) is 3.89. The van der Waals surface area contributed by atoms with Gasteiger partial charge in [0, 0.05) is 11.4 Å². The van der Waals surface area contributed by atoms with Gasteiger partial charge in [-0.3, -0.25) is 10.6 Å². The van der Waals surface area contributed by atoms with Crippen molar-refractivity contribution in [2.45, 2.75) is 0 Å². The van der Waals surface area contributed by atoms with Gasteiger partial charge in [-0.05, 0) is 24.3 Å². The second-order valence-corrected chi connectivity index (χ2v) is 2.54. The summed E-state index contributed by atoms with van der Waals surface area (Å²) in [5, 5.41) is 12.9. The molecule has 0 aliphatic heterocycles. The van der Waals surface area contributed by atoms with Crippen LogP contribution < -0.4 is 16.5 Å². The van der Waals surface area contributed by atoms with Crippen LogP contribution in [0.1, 0.15) is 0 Å². The Kier molecular flexibility index (Phi) is 3.47. The number of amides is 2. The molecule has 0 saturated heterocycles. The molecule has 80 valence electrons. The summed E-state index contributed by atoms with van der Waals surface area (Å²) in [6, 6.07) is 5.98. The van der Waals surface area contributed by atoms with E-state index in [1.54, 1.807) is 0 Å². The van der Waals surface area contributed by atoms with Crippen LogP contribution in [0.15, 0.2) is 24.3 Å². The van der Waals surface area contributed by atoms with Crippen molar-refractivity contribution >= 4 is 23.6 Å². The monoisotopic (exact) mass is 211 g/mol. The maximum atomic E-state index is 10.7. The smallest absolute Gasteiger partial charge is 0.430 e. The van der Waals surface area contributed by atoms with Crippen molar-refractivity contribution in [1.29, 1.82) is 0 Å². The van der Waals surface area contributed by atoms with E-state index in [4.69, 9.17) is 5.11 Å². The number of benzene rings is 1. The molecule has 5 N–H and O–H groups in total. The Bertz CT molecular complexity index is 363. The quantitative estimate of drug-likeness (QED) is 0.549. The van der Waals surface area contributed by atoms with Gasteiger partial charge in [0.25, 0.3) is 0 Å². The van der Waals surface area contributed by atoms with E-state index in [9.17, 15) is 9.59 Å². The number of carbonyl (C=O) groups excluding carboxylic acids is 1. The normalized spacial score (nSPS) is 9.13. The molecular formula is C8H9N3O4. The van der Waals surface area contributed by atoms with Gasteiger partial charge in [0.05, 0.1) is 0 Å². The van der Waals surface area contributed by atoms with Crippen molar-refractivity contribution in [3.8, 4) is 0 Å². The highest BCUT2D eigenvalue weighted by Crippen LogP contribution is 2.13. The van der Waals surface area contributed by atoms with Crippen molar-refractivity contribution in [3.05, 3.63) is 24.3 Å². The highest BCUT2D eigenvalue weighted by atomic mass is 16.7. The van der Waals surface area contributed by atoms with Crippen LogP contribution in [-0.2, 0) is 4.84 Å². The predicted octanol–water partition coefficient (Wildman–Crippen LogP) is 1.20. The van der Waals surface area contributed by atoms with Crippen LogP contribution in [0.3, 0.4) is 0 Å². The molecule has 0 heterocycles. The van der Waals surface area contributed by atoms with Gasteiger partial charge in [0.1, 0.15) is 0 Å². The number of hydrogen-bond donors (Lipinski definition) is 4. The Labute approximate surface area is 84.8 Å². The SMILES string of the molecule is NOC(=O)Nc1ccc(NC(=O)O)cc1.